The molecule has 6 heteroatoms. The molecule has 3 unspecified atom stereocenters. The van der Waals surface area contributed by atoms with Gasteiger partial charge in [0.25, 0.3) is 5.92 Å². The molecule has 3 atom stereocenters. The molecule has 1 aliphatic rings. The number of ketones is 1. The molecule has 194 valence electrons. The molecule has 0 heterocycles. The average Bonchev–Trinajstić information content (AvgIpc) is 2.86. The number of carbonyl (C=O) groups excluding carboxylic acids is 1. The van der Waals surface area contributed by atoms with Crippen molar-refractivity contribution in [1.82, 2.24) is 0 Å². The Kier molecular flexibility index (Phi) is 7.22. The number of ether oxygens (including phenoxy) is 1. The van der Waals surface area contributed by atoms with Crippen molar-refractivity contribution in [2.75, 3.05) is 0 Å². The Bertz CT molecular complexity index is 1340. The van der Waals surface area contributed by atoms with Crippen LogP contribution in [0.3, 0.4) is 0 Å². The molecule has 0 aliphatic heterocycles. The number of halogens is 2. The van der Waals surface area contributed by atoms with Crippen LogP contribution in [-0.2, 0) is 10.7 Å². The average molecular weight is 507 g/mol. The Labute approximate surface area is 216 Å². The first kappa shape index (κ1) is 26.5. The maximum absolute atomic E-state index is 14.2. The van der Waals surface area contributed by atoms with Gasteiger partial charge in [0.15, 0.2) is 5.78 Å². The second kappa shape index (κ2) is 10.1. The fourth-order valence-corrected chi connectivity index (χ4v) is 5.03. The molecule has 0 amide bonds. The summed E-state index contributed by atoms with van der Waals surface area (Å²) in [7, 11) is 0. The topological polar surface area (TPSA) is 63.6 Å². The number of carboxylic acid groups (broad SMARTS) is 1. The highest BCUT2D eigenvalue weighted by atomic mass is 19.3. The predicted octanol–water partition coefficient (Wildman–Crippen LogP) is 7.97. The molecule has 4 nitrogen and oxygen atoms in total. The molecule has 0 bridgehead atoms. The van der Waals surface area contributed by atoms with E-state index in [1.807, 2.05) is 30.3 Å². The zero-order valence-electron chi connectivity index (χ0n) is 21.3. The number of alkyl halides is 2. The molecule has 37 heavy (non-hydrogen) atoms. The third-order valence-corrected chi connectivity index (χ3v) is 7.54. The Balaban J connectivity index is 1.68. The van der Waals surface area contributed by atoms with Gasteiger partial charge in [0.2, 0.25) is 0 Å². The molecule has 1 fully saturated rings. The van der Waals surface area contributed by atoms with E-state index in [0.29, 0.717) is 35.8 Å². The Morgan fingerprint density at radius 2 is 1.84 bits per heavy atom. The number of aliphatic carboxylic acids is 1. The van der Waals surface area contributed by atoms with Crippen molar-refractivity contribution in [3.05, 3.63) is 90.0 Å². The number of allylic oxidation sites excluding steroid dienone is 1. The van der Waals surface area contributed by atoms with E-state index < -0.39 is 23.4 Å². The highest BCUT2D eigenvalue weighted by molar-refractivity contribution is 6.06. The second-order valence-electron chi connectivity index (χ2n) is 10.6. The molecule has 4 rings (SSSR count). The zero-order valence-corrected chi connectivity index (χ0v) is 21.3. The first-order valence-electron chi connectivity index (χ1n) is 12.5. The lowest BCUT2D eigenvalue weighted by Crippen LogP contribution is -2.38. The molecule has 0 radical (unpaired) electrons. The van der Waals surface area contributed by atoms with E-state index in [-0.39, 0.29) is 23.2 Å². The van der Waals surface area contributed by atoms with Crippen LogP contribution in [0.4, 0.5) is 8.78 Å². The Morgan fingerprint density at radius 3 is 2.49 bits per heavy atom. The molecular formula is C31H32F2O4. The predicted molar refractivity (Wildman–Crippen MR) is 140 cm³/mol. The van der Waals surface area contributed by atoms with Gasteiger partial charge < -0.3 is 9.84 Å². The van der Waals surface area contributed by atoms with Gasteiger partial charge in [-0.3, -0.25) is 9.59 Å². The monoisotopic (exact) mass is 506 g/mol. The number of carboxylic acids is 1. The van der Waals surface area contributed by atoms with E-state index >= 15 is 0 Å². The maximum atomic E-state index is 14.2. The van der Waals surface area contributed by atoms with Gasteiger partial charge in [-0.05, 0) is 75.1 Å². The van der Waals surface area contributed by atoms with Crippen molar-refractivity contribution in [2.24, 2.45) is 17.3 Å². The summed E-state index contributed by atoms with van der Waals surface area (Å²) in [5.41, 5.74) is -0.113. The third-order valence-electron chi connectivity index (χ3n) is 7.54. The van der Waals surface area contributed by atoms with Gasteiger partial charge >= 0.3 is 5.97 Å². The molecule has 0 spiro atoms. The van der Waals surface area contributed by atoms with Gasteiger partial charge in [0, 0.05) is 16.9 Å². The fraction of sp³-hybridized carbons (Fsp3) is 0.355. The van der Waals surface area contributed by atoms with Crippen LogP contribution >= 0.6 is 0 Å². The maximum Gasteiger partial charge on any atom is 0.309 e. The van der Waals surface area contributed by atoms with Gasteiger partial charge in [-0.15, -0.1) is 0 Å². The quantitative estimate of drug-likeness (QED) is 0.224. The first-order chi connectivity index (χ1) is 17.4. The van der Waals surface area contributed by atoms with Crippen molar-refractivity contribution in [3.63, 3.8) is 0 Å². The van der Waals surface area contributed by atoms with Crippen LogP contribution in [-0.4, -0.2) is 16.9 Å². The van der Waals surface area contributed by atoms with Gasteiger partial charge in [-0.25, -0.2) is 0 Å². The van der Waals surface area contributed by atoms with Crippen LogP contribution in [0.25, 0.3) is 10.8 Å². The van der Waals surface area contributed by atoms with Crippen molar-refractivity contribution in [3.8, 4) is 5.75 Å². The van der Waals surface area contributed by atoms with Crippen molar-refractivity contribution < 1.29 is 28.2 Å². The summed E-state index contributed by atoms with van der Waals surface area (Å²) in [6.07, 6.45) is 1.92. The summed E-state index contributed by atoms with van der Waals surface area (Å²) in [4.78, 5) is 25.4. The lowest BCUT2D eigenvalue weighted by atomic mass is 9.64. The number of fused-ring (bicyclic) bond motifs is 1. The largest absolute Gasteiger partial charge is 0.485 e. The summed E-state index contributed by atoms with van der Waals surface area (Å²) in [5.74, 6) is -4.00. The Morgan fingerprint density at radius 1 is 1.11 bits per heavy atom. The minimum atomic E-state index is -3.17. The first-order valence-corrected chi connectivity index (χ1v) is 12.5. The summed E-state index contributed by atoms with van der Waals surface area (Å²) in [6, 6.07) is 17.2. The zero-order chi connectivity index (χ0) is 27.0. The van der Waals surface area contributed by atoms with Gasteiger partial charge in [0.05, 0.1) is 11.0 Å². The number of rotatable bonds is 10. The second-order valence-corrected chi connectivity index (χ2v) is 10.6. The molecule has 0 aromatic heterocycles. The number of benzene rings is 3. The van der Waals surface area contributed by atoms with E-state index in [0.717, 1.165) is 17.2 Å². The van der Waals surface area contributed by atoms with E-state index in [1.54, 1.807) is 39.0 Å². The van der Waals surface area contributed by atoms with Gasteiger partial charge in [-0.1, -0.05) is 55.1 Å². The van der Waals surface area contributed by atoms with Gasteiger partial charge in [-0.2, -0.15) is 8.78 Å². The molecule has 1 aliphatic carbocycles. The summed E-state index contributed by atoms with van der Waals surface area (Å²) >= 11 is 0. The van der Waals surface area contributed by atoms with Crippen LogP contribution in [0.1, 0.15) is 67.6 Å². The minimum absolute atomic E-state index is 0.0202. The normalized spacial score (nSPS) is 18.6. The molecule has 3 aromatic carbocycles. The standard InChI is InChI=1S/C31H32F2O4/c1-5-31(32,33)23-11-8-10-21(17-23)19(2)37-28-25-12-7-6-9-20(25)13-16-26(28)27(34)24-15-14-22(24)18-30(3,4)29(35)36/h5-13,16-17,19,22,24H,1,14-15,18H2,2-4H3,(H,35,36). The molecule has 0 saturated heterocycles. The number of hydrogen-bond acceptors (Lipinski definition) is 3. The Hall–Kier alpha value is -3.54. The molecule has 1 N–H and O–H groups in total. The van der Waals surface area contributed by atoms with E-state index in [2.05, 4.69) is 6.58 Å². The smallest absolute Gasteiger partial charge is 0.309 e. The summed E-state index contributed by atoms with van der Waals surface area (Å²) in [6.45, 7) is 8.37. The van der Waals surface area contributed by atoms with Crippen LogP contribution in [0.15, 0.2) is 73.3 Å². The van der Waals surface area contributed by atoms with Crippen molar-refractivity contribution in [2.45, 2.75) is 52.1 Å². The molecule has 1 saturated carbocycles. The van der Waals surface area contributed by atoms with Crippen LogP contribution in [0.2, 0.25) is 0 Å². The fourth-order valence-electron chi connectivity index (χ4n) is 5.03. The lowest BCUT2D eigenvalue weighted by Gasteiger charge is -2.39. The van der Waals surface area contributed by atoms with Crippen molar-refractivity contribution in [1.29, 1.82) is 0 Å². The third kappa shape index (κ3) is 5.29. The lowest BCUT2D eigenvalue weighted by molar-refractivity contribution is -0.148. The minimum Gasteiger partial charge on any atom is -0.485 e. The van der Waals surface area contributed by atoms with Crippen LogP contribution in [0.5, 0.6) is 5.75 Å². The van der Waals surface area contributed by atoms with E-state index in [9.17, 15) is 23.5 Å². The highest BCUT2D eigenvalue weighted by Gasteiger charge is 2.43. The van der Waals surface area contributed by atoms with Gasteiger partial charge in [0.1, 0.15) is 11.9 Å². The SMILES string of the molecule is C=CC(F)(F)c1cccc(C(C)Oc2c(C(=O)C3CCC3CC(C)(C)C(=O)O)ccc3ccccc23)c1. The molecule has 3 aromatic rings. The molecular weight excluding hydrogens is 474 g/mol. The number of Topliss-reactive ketones (excluding diaryl/α,β-unsaturated/α-hetero) is 1. The number of carbonyl (C=O) groups is 2. The van der Waals surface area contributed by atoms with Crippen LogP contribution < -0.4 is 4.74 Å². The van der Waals surface area contributed by atoms with E-state index in [4.69, 9.17) is 4.74 Å². The highest BCUT2D eigenvalue weighted by Crippen LogP contribution is 2.46. The number of hydrogen-bond donors (Lipinski definition) is 1. The summed E-state index contributed by atoms with van der Waals surface area (Å²) in [5, 5.41) is 11.2. The van der Waals surface area contributed by atoms with Crippen LogP contribution in [0, 0.1) is 17.3 Å². The van der Waals surface area contributed by atoms with E-state index in [1.165, 1.54) is 12.1 Å². The summed E-state index contributed by atoms with van der Waals surface area (Å²) < 4.78 is 34.8. The van der Waals surface area contributed by atoms with Crippen molar-refractivity contribution >= 4 is 22.5 Å².